The molecule has 0 bridgehead atoms. The van der Waals surface area contributed by atoms with Crippen LogP contribution in [0.15, 0.2) is 24.8 Å². The predicted octanol–water partition coefficient (Wildman–Crippen LogP) is -2.17. The third-order valence-electron chi connectivity index (χ3n) is 6.87. The lowest BCUT2D eigenvalue weighted by Crippen LogP contribution is -3.00. The third-order valence-corrected chi connectivity index (χ3v) is 12.5. The van der Waals surface area contributed by atoms with Crippen molar-refractivity contribution in [3.05, 3.63) is 36.4 Å². The molecule has 236 valence electrons. The number of aromatic nitrogens is 4. The van der Waals surface area contributed by atoms with E-state index in [0.717, 1.165) is 50.9 Å². The minimum Gasteiger partial charge on any atom is -1.00 e. The summed E-state index contributed by atoms with van der Waals surface area (Å²) in [6, 6.07) is 1.67. The summed E-state index contributed by atoms with van der Waals surface area (Å²) in [6.45, 7) is 6.58. The van der Waals surface area contributed by atoms with Crippen molar-refractivity contribution in [2.24, 2.45) is 0 Å². The molecule has 0 aliphatic carbocycles. The zero-order chi connectivity index (χ0) is 28.3. The number of halogens is 2. The van der Waals surface area contributed by atoms with Crippen molar-refractivity contribution in [2.75, 3.05) is 42.7 Å². The van der Waals surface area contributed by atoms with E-state index >= 15 is 0 Å². The molecule has 2 aromatic heterocycles. The van der Waals surface area contributed by atoms with Gasteiger partial charge in [0.25, 0.3) is 11.6 Å². The van der Waals surface area contributed by atoms with Crippen molar-refractivity contribution >= 4 is 17.6 Å². The number of aryl methyl sites for hydroxylation is 4. The summed E-state index contributed by atoms with van der Waals surface area (Å²) in [5.41, 5.74) is 0. The van der Waals surface area contributed by atoms with Crippen LogP contribution < -0.4 is 43.1 Å². The Kier molecular flexibility index (Phi) is 25.1. The van der Waals surface area contributed by atoms with Gasteiger partial charge in [0.2, 0.25) is 0 Å². The van der Waals surface area contributed by atoms with Gasteiger partial charge in [-0.25, -0.2) is 19.1 Å². The second-order valence-electron chi connectivity index (χ2n) is 9.21. The molecule has 0 saturated carbocycles. The number of nitrogens with one attached hydrogen (secondary N) is 2. The van der Waals surface area contributed by atoms with Gasteiger partial charge in [0, 0.05) is 67.6 Å². The molecular formula is C26H54Br2N4O6Si2. The largest absolute Gasteiger partial charge is 1.00 e. The molecule has 2 N–H and O–H groups in total. The number of H-pyrrole nitrogens is 2. The second kappa shape index (κ2) is 24.1. The lowest BCUT2D eigenvalue weighted by Gasteiger charge is -2.23. The molecule has 14 heteroatoms. The molecule has 0 amide bonds. The molecule has 40 heavy (non-hydrogen) atoms. The van der Waals surface area contributed by atoms with Gasteiger partial charge in [-0.1, -0.05) is 26.7 Å². The Labute approximate surface area is 265 Å². The SMILES string of the molecule is CCCC[n+]1cc[nH]c1CCC[Si](OC)(OC)OC.CCCC[n+]1cc[nH]c1CCC[Si](OC)(OC)OC.[Br-].[Br-]. The fraction of sp³-hybridized carbons (Fsp3) is 0.769. The lowest BCUT2D eigenvalue weighted by atomic mass is 10.3. The summed E-state index contributed by atoms with van der Waals surface area (Å²) in [7, 11) is 5.14. The Morgan fingerprint density at radius 1 is 0.575 bits per heavy atom. The Bertz CT molecular complexity index is 770. The number of hydrogen-bond acceptors (Lipinski definition) is 6. The van der Waals surface area contributed by atoms with E-state index in [-0.39, 0.29) is 34.0 Å². The fourth-order valence-electron chi connectivity index (χ4n) is 4.36. The normalized spacial score (nSPS) is 11.4. The van der Waals surface area contributed by atoms with Gasteiger partial charge in [-0.15, -0.1) is 0 Å². The van der Waals surface area contributed by atoms with Crippen molar-refractivity contribution in [1.29, 1.82) is 0 Å². The Hall–Kier alpha value is -0.426. The van der Waals surface area contributed by atoms with Crippen molar-refractivity contribution < 1.29 is 69.7 Å². The Morgan fingerprint density at radius 2 is 0.900 bits per heavy atom. The minimum atomic E-state index is -2.42. The zero-order valence-electron chi connectivity index (χ0n) is 25.9. The van der Waals surface area contributed by atoms with E-state index < -0.39 is 17.6 Å². The molecular weight excluding hydrogens is 680 g/mol. The fourth-order valence-corrected chi connectivity index (χ4v) is 7.80. The van der Waals surface area contributed by atoms with Crippen molar-refractivity contribution in [3.8, 4) is 0 Å². The van der Waals surface area contributed by atoms with Crippen LogP contribution in [0.25, 0.3) is 0 Å². The summed E-state index contributed by atoms with van der Waals surface area (Å²) in [5, 5.41) is 0. The molecule has 0 aliphatic rings. The van der Waals surface area contributed by atoms with Crippen LogP contribution in [0.1, 0.15) is 64.0 Å². The monoisotopic (exact) mass is 732 g/mol. The van der Waals surface area contributed by atoms with Crippen LogP contribution in [0.5, 0.6) is 0 Å². The first-order valence-corrected chi connectivity index (χ1v) is 17.7. The standard InChI is InChI=1S/2C13H26N2O3Si.2BrH/c2*1-5-6-10-15-11-9-14-13(15)8-7-12-19(16-2,17-3)18-4;;/h2*9,11H,5-8,10,12H2,1-4H3;2*1H. The quantitative estimate of drug-likeness (QED) is 0.119. The summed E-state index contributed by atoms with van der Waals surface area (Å²) in [4.78, 5) is 6.62. The number of aromatic amines is 2. The zero-order valence-corrected chi connectivity index (χ0v) is 31.1. The van der Waals surface area contributed by atoms with Gasteiger partial charge >= 0.3 is 17.6 Å². The van der Waals surface area contributed by atoms with E-state index in [0.29, 0.717) is 0 Å². The summed E-state index contributed by atoms with van der Waals surface area (Å²) < 4.78 is 37.2. The summed E-state index contributed by atoms with van der Waals surface area (Å²) >= 11 is 0. The Morgan fingerprint density at radius 3 is 1.18 bits per heavy atom. The van der Waals surface area contributed by atoms with E-state index in [2.05, 4.69) is 45.3 Å². The van der Waals surface area contributed by atoms with Crippen molar-refractivity contribution in [2.45, 2.75) is 90.4 Å². The van der Waals surface area contributed by atoms with E-state index in [9.17, 15) is 0 Å². The van der Waals surface area contributed by atoms with Crippen LogP contribution in [-0.2, 0) is 52.5 Å². The molecule has 2 heterocycles. The second-order valence-corrected chi connectivity index (χ2v) is 15.4. The van der Waals surface area contributed by atoms with Crippen LogP contribution in [0.3, 0.4) is 0 Å². The predicted molar refractivity (Wildman–Crippen MR) is 152 cm³/mol. The summed E-state index contributed by atoms with van der Waals surface area (Å²) in [5.74, 6) is 2.53. The average Bonchev–Trinajstić information content (AvgIpc) is 3.61. The van der Waals surface area contributed by atoms with E-state index in [1.165, 1.54) is 37.3 Å². The van der Waals surface area contributed by atoms with Gasteiger partial charge in [-0.05, 0) is 25.7 Å². The van der Waals surface area contributed by atoms with Crippen LogP contribution in [0.2, 0.25) is 12.1 Å². The van der Waals surface area contributed by atoms with Gasteiger partial charge in [-0.3, -0.25) is 0 Å². The molecule has 10 nitrogen and oxygen atoms in total. The van der Waals surface area contributed by atoms with E-state index in [4.69, 9.17) is 26.6 Å². The average molecular weight is 735 g/mol. The van der Waals surface area contributed by atoms with Crippen LogP contribution >= 0.6 is 0 Å². The molecule has 0 radical (unpaired) electrons. The van der Waals surface area contributed by atoms with Gasteiger partial charge in [0.15, 0.2) is 0 Å². The molecule has 0 aromatic carbocycles. The maximum Gasteiger partial charge on any atom is 0.500 e. The number of rotatable bonds is 20. The number of nitrogens with zero attached hydrogens (tertiary/aromatic N) is 2. The first-order valence-electron chi connectivity index (χ1n) is 13.8. The van der Waals surface area contributed by atoms with Crippen LogP contribution in [-0.4, -0.2) is 70.2 Å². The molecule has 0 unspecified atom stereocenters. The molecule has 0 fully saturated rings. The van der Waals surface area contributed by atoms with E-state index in [1.54, 1.807) is 42.7 Å². The highest BCUT2D eigenvalue weighted by Crippen LogP contribution is 2.17. The highest BCUT2D eigenvalue weighted by Gasteiger charge is 2.38. The molecule has 0 saturated heterocycles. The van der Waals surface area contributed by atoms with E-state index in [1.807, 2.05) is 12.4 Å². The van der Waals surface area contributed by atoms with Gasteiger partial charge in [0.05, 0.1) is 13.1 Å². The Balaban J connectivity index is 0. The molecule has 2 aromatic rings. The van der Waals surface area contributed by atoms with Crippen molar-refractivity contribution in [3.63, 3.8) is 0 Å². The van der Waals surface area contributed by atoms with Gasteiger partial charge in [0.1, 0.15) is 24.8 Å². The van der Waals surface area contributed by atoms with Gasteiger partial charge in [-0.2, -0.15) is 0 Å². The van der Waals surface area contributed by atoms with Crippen LogP contribution in [0.4, 0.5) is 0 Å². The molecule has 0 spiro atoms. The van der Waals surface area contributed by atoms with Crippen LogP contribution in [0, 0.1) is 0 Å². The third kappa shape index (κ3) is 14.2. The maximum absolute atomic E-state index is 5.43. The van der Waals surface area contributed by atoms with Crippen molar-refractivity contribution in [1.82, 2.24) is 9.97 Å². The highest BCUT2D eigenvalue weighted by atomic mass is 79.9. The maximum atomic E-state index is 5.43. The molecule has 0 aliphatic heterocycles. The number of unbranched alkanes of at least 4 members (excludes halogenated alkanes) is 2. The highest BCUT2D eigenvalue weighted by molar-refractivity contribution is 6.60. The first-order chi connectivity index (χ1) is 18.4. The first kappa shape index (κ1) is 41.7. The smallest absolute Gasteiger partial charge is 0.500 e. The topological polar surface area (TPSA) is 94.7 Å². The minimum absolute atomic E-state index is 0. The number of imidazole rings is 2. The van der Waals surface area contributed by atoms with Gasteiger partial charge < -0.3 is 60.5 Å². The summed E-state index contributed by atoms with van der Waals surface area (Å²) in [6.07, 6.45) is 17.0. The molecule has 0 atom stereocenters. The number of hydrogen-bond donors (Lipinski definition) is 2. The molecule has 2 rings (SSSR count). The lowest BCUT2D eigenvalue weighted by molar-refractivity contribution is -0.703.